The molecular weight excluding hydrogens is 509 g/mol. The van der Waals surface area contributed by atoms with Crippen molar-refractivity contribution in [2.45, 2.75) is 10.7 Å². The lowest BCUT2D eigenvalue weighted by Crippen LogP contribution is -2.03. The zero-order valence-corrected chi connectivity index (χ0v) is 21.5. The maximum absolute atomic E-state index is 5.00. The molecule has 8 heteroatoms. The first-order valence-corrected chi connectivity index (χ1v) is 15.1. The molecular formula is C24H16N2S6. The maximum atomic E-state index is 5.00. The third-order valence-corrected chi connectivity index (χ3v) is 11.3. The summed E-state index contributed by atoms with van der Waals surface area (Å²) in [5.74, 6) is 0. The van der Waals surface area contributed by atoms with Gasteiger partial charge in [0.1, 0.15) is 20.8 Å². The quantitative estimate of drug-likeness (QED) is 0.252. The van der Waals surface area contributed by atoms with Crippen molar-refractivity contribution < 1.29 is 0 Å². The van der Waals surface area contributed by atoms with Crippen molar-refractivity contribution >= 4 is 103 Å². The first-order valence-electron chi connectivity index (χ1n) is 9.93. The van der Waals surface area contributed by atoms with E-state index in [9.17, 15) is 0 Å². The minimum atomic E-state index is 0.185. The summed E-state index contributed by atoms with van der Waals surface area (Å²) in [6.45, 7) is 0. The first-order chi connectivity index (χ1) is 15.8. The molecule has 0 aliphatic carbocycles. The highest BCUT2D eigenvalue weighted by molar-refractivity contribution is 8.20. The Morgan fingerprint density at radius 3 is 1.47 bits per heavy atom. The number of fused-ring (bicyclic) bond motifs is 1. The predicted molar refractivity (Wildman–Crippen MR) is 151 cm³/mol. The average molecular weight is 525 g/mol. The average Bonchev–Trinajstić information content (AvgIpc) is 3.62. The molecule has 0 saturated heterocycles. The number of rotatable bonds is 6. The van der Waals surface area contributed by atoms with E-state index in [1.54, 1.807) is 68.9 Å². The van der Waals surface area contributed by atoms with E-state index in [1.165, 1.54) is 29.3 Å². The summed E-state index contributed by atoms with van der Waals surface area (Å²) < 4.78 is 0. The number of thiophene rings is 4. The third-order valence-electron chi connectivity index (χ3n) is 4.78. The number of aliphatic imine (C=N–C) groups is 2. The summed E-state index contributed by atoms with van der Waals surface area (Å²) in [5.41, 5.74) is 0. The first kappa shape index (κ1) is 20.9. The van der Waals surface area contributed by atoms with Gasteiger partial charge in [-0.3, -0.25) is 9.98 Å². The monoisotopic (exact) mass is 524 g/mol. The van der Waals surface area contributed by atoms with Crippen LogP contribution in [0.5, 0.6) is 0 Å². The number of hydrogen-bond donors (Lipinski definition) is 0. The van der Waals surface area contributed by atoms with Gasteiger partial charge in [-0.15, -0.1) is 45.3 Å². The lowest BCUT2D eigenvalue weighted by Gasteiger charge is -1.99. The lowest BCUT2D eigenvalue weighted by molar-refractivity contribution is 0.898. The second-order valence-corrected chi connectivity index (χ2v) is 13.4. The zero-order valence-electron chi connectivity index (χ0n) is 16.6. The fraction of sp³-hybridized carbons (Fsp3) is 0.0833. The van der Waals surface area contributed by atoms with Crippen molar-refractivity contribution in [3.8, 4) is 0 Å². The van der Waals surface area contributed by atoms with Crippen LogP contribution in [-0.4, -0.2) is 20.8 Å². The highest BCUT2D eigenvalue weighted by Crippen LogP contribution is 2.45. The van der Waals surface area contributed by atoms with Crippen molar-refractivity contribution in [3.05, 3.63) is 88.6 Å². The molecule has 0 spiro atoms. The van der Waals surface area contributed by atoms with Gasteiger partial charge in [0, 0.05) is 19.5 Å². The van der Waals surface area contributed by atoms with Crippen LogP contribution >= 0.6 is 68.9 Å². The predicted octanol–water partition coefficient (Wildman–Crippen LogP) is 8.61. The van der Waals surface area contributed by atoms with Crippen molar-refractivity contribution in [2.75, 3.05) is 0 Å². The summed E-state index contributed by atoms with van der Waals surface area (Å²) in [5, 5.41) is 6.83. The van der Waals surface area contributed by atoms with Crippen LogP contribution in [0.15, 0.2) is 69.3 Å². The fourth-order valence-corrected chi connectivity index (χ4v) is 8.97. The van der Waals surface area contributed by atoms with Crippen LogP contribution in [0, 0.1) is 0 Å². The van der Waals surface area contributed by atoms with Crippen molar-refractivity contribution in [1.82, 2.24) is 0 Å². The zero-order chi connectivity index (χ0) is 21.3. The van der Waals surface area contributed by atoms with E-state index in [-0.39, 0.29) is 10.7 Å². The van der Waals surface area contributed by atoms with Crippen LogP contribution in [0.3, 0.4) is 0 Å². The number of thioether (sulfide) groups is 2. The minimum absolute atomic E-state index is 0.185. The molecule has 4 aromatic rings. The van der Waals surface area contributed by atoms with Gasteiger partial charge in [-0.1, -0.05) is 35.7 Å². The summed E-state index contributed by atoms with van der Waals surface area (Å²) in [7, 11) is 0. The van der Waals surface area contributed by atoms with Crippen LogP contribution in [0.25, 0.3) is 24.3 Å². The van der Waals surface area contributed by atoms with Crippen molar-refractivity contribution in [2.24, 2.45) is 9.98 Å². The normalized spacial score (nSPS) is 20.4. The maximum Gasteiger partial charge on any atom is 0.135 e. The van der Waals surface area contributed by atoms with Crippen LogP contribution in [0.4, 0.5) is 0 Å². The molecule has 2 aliphatic rings. The van der Waals surface area contributed by atoms with Gasteiger partial charge in [-0.25, -0.2) is 0 Å². The third kappa shape index (κ3) is 4.53. The Hall–Kier alpha value is -1.68. The molecule has 0 bridgehead atoms. The molecule has 0 saturated carbocycles. The lowest BCUT2D eigenvalue weighted by atomic mass is 10.3. The van der Waals surface area contributed by atoms with E-state index in [2.05, 4.69) is 83.6 Å². The van der Waals surface area contributed by atoms with Gasteiger partial charge in [0.2, 0.25) is 0 Å². The topological polar surface area (TPSA) is 24.7 Å². The van der Waals surface area contributed by atoms with E-state index in [0.29, 0.717) is 0 Å². The van der Waals surface area contributed by atoms with Gasteiger partial charge in [0.25, 0.3) is 0 Å². The van der Waals surface area contributed by atoms with E-state index in [0.717, 1.165) is 10.1 Å². The van der Waals surface area contributed by atoms with Crippen molar-refractivity contribution in [1.29, 1.82) is 0 Å². The van der Waals surface area contributed by atoms with Crippen LogP contribution in [0.1, 0.15) is 29.3 Å². The van der Waals surface area contributed by atoms with Gasteiger partial charge in [-0.05, 0) is 71.5 Å². The highest BCUT2D eigenvalue weighted by atomic mass is 32.2. The van der Waals surface area contributed by atoms with E-state index in [4.69, 9.17) is 9.98 Å². The molecule has 4 aromatic heterocycles. The molecule has 6 rings (SSSR count). The van der Waals surface area contributed by atoms with Crippen LogP contribution in [-0.2, 0) is 0 Å². The molecule has 2 unspecified atom stereocenters. The largest absolute Gasteiger partial charge is 0.259 e. The Morgan fingerprint density at radius 1 is 0.562 bits per heavy atom. The van der Waals surface area contributed by atoms with E-state index in [1.807, 2.05) is 0 Å². The van der Waals surface area contributed by atoms with E-state index >= 15 is 0 Å². The summed E-state index contributed by atoms with van der Waals surface area (Å²) in [6.07, 6.45) is 8.73. The second-order valence-electron chi connectivity index (χ2n) is 6.99. The molecule has 6 heterocycles. The summed E-state index contributed by atoms with van der Waals surface area (Å²) in [4.78, 5) is 17.6. The molecule has 158 valence electrons. The summed E-state index contributed by atoms with van der Waals surface area (Å²) in [6, 6.07) is 17.2. The molecule has 0 N–H and O–H groups in total. The molecule has 0 radical (unpaired) electrons. The van der Waals surface area contributed by atoms with Crippen LogP contribution in [0.2, 0.25) is 0 Å². The standard InChI is InChI=1S/C24H16N2S6/c1-3-15(27-13-1)5-7-17-9-11-19(29-17)21-25-23-24(31-21)26-22(32-23)20-12-10-18(30-20)8-6-16-4-2-14-28-16/h1-14,23-24H. The molecule has 0 fully saturated rings. The van der Waals surface area contributed by atoms with Crippen molar-refractivity contribution in [3.63, 3.8) is 0 Å². The fourth-order valence-electron chi connectivity index (χ4n) is 3.28. The van der Waals surface area contributed by atoms with Gasteiger partial charge < -0.3 is 0 Å². The molecule has 2 aliphatic heterocycles. The molecule has 2 atom stereocenters. The Labute approximate surface area is 211 Å². The highest BCUT2D eigenvalue weighted by Gasteiger charge is 2.38. The number of hydrogen-bond acceptors (Lipinski definition) is 8. The Bertz CT molecular complexity index is 1230. The Morgan fingerprint density at radius 2 is 1.03 bits per heavy atom. The Kier molecular flexibility index (Phi) is 6.06. The van der Waals surface area contributed by atoms with Crippen LogP contribution < -0.4 is 0 Å². The second kappa shape index (κ2) is 9.29. The molecule has 0 aromatic carbocycles. The van der Waals surface area contributed by atoms with Gasteiger partial charge >= 0.3 is 0 Å². The van der Waals surface area contributed by atoms with Gasteiger partial charge in [0.15, 0.2) is 0 Å². The molecule has 32 heavy (non-hydrogen) atoms. The van der Waals surface area contributed by atoms with Gasteiger partial charge in [-0.2, -0.15) is 0 Å². The van der Waals surface area contributed by atoms with Gasteiger partial charge in [0.05, 0.1) is 9.75 Å². The Balaban J connectivity index is 1.11. The number of nitrogens with zero attached hydrogens (tertiary/aromatic N) is 2. The minimum Gasteiger partial charge on any atom is -0.259 e. The SMILES string of the molecule is C(=Cc1ccc(C2=NC3SC(c4ccc(C=Cc5cccs5)s4)=NC3S2)s1)c1cccs1. The molecule has 2 nitrogen and oxygen atoms in total. The molecule has 0 amide bonds. The summed E-state index contributed by atoms with van der Waals surface area (Å²) >= 11 is 10.7. The smallest absolute Gasteiger partial charge is 0.135 e. The van der Waals surface area contributed by atoms with E-state index < -0.39 is 0 Å².